The molecule has 3 heterocycles. The van der Waals surface area contributed by atoms with Gasteiger partial charge in [0.15, 0.2) is 0 Å². The van der Waals surface area contributed by atoms with E-state index in [9.17, 15) is 14.7 Å². The minimum Gasteiger partial charge on any atom is -0.507 e. The number of benzene rings is 1. The van der Waals surface area contributed by atoms with Crippen LogP contribution in [-0.4, -0.2) is 31.7 Å². The van der Waals surface area contributed by atoms with Gasteiger partial charge in [0.2, 0.25) is 0 Å². The monoisotopic (exact) mass is 439 g/mol. The van der Waals surface area contributed by atoms with Crippen molar-refractivity contribution in [3.8, 4) is 0 Å². The Hall–Kier alpha value is -3.22. The van der Waals surface area contributed by atoms with Gasteiger partial charge in [0.25, 0.3) is 11.7 Å². The fourth-order valence-electron chi connectivity index (χ4n) is 3.41. The van der Waals surface area contributed by atoms with Crippen LogP contribution in [0.1, 0.15) is 22.7 Å². The molecule has 150 valence electrons. The highest BCUT2D eigenvalue weighted by Crippen LogP contribution is 2.40. The molecule has 1 N–H and O–H groups in total. The second kappa shape index (κ2) is 8.26. The van der Waals surface area contributed by atoms with E-state index in [4.69, 9.17) is 23.2 Å². The molecule has 0 spiro atoms. The van der Waals surface area contributed by atoms with E-state index in [0.29, 0.717) is 10.6 Å². The largest absolute Gasteiger partial charge is 0.507 e. The van der Waals surface area contributed by atoms with Crippen molar-refractivity contribution in [3.63, 3.8) is 0 Å². The summed E-state index contributed by atoms with van der Waals surface area (Å²) >= 11 is 12.0. The first-order chi connectivity index (χ1) is 14.5. The van der Waals surface area contributed by atoms with Crippen molar-refractivity contribution < 1.29 is 14.7 Å². The quantitative estimate of drug-likeness (QED) is 0.369. The van der Waals surface area contributed by atoms with Gasteiger partial charge in [-0.15, -0.1) is 0 Å². The standard InChI is InChI=1S/C22H15Cl2N3O3/c23-16-6-5-14(9-17(16)24)20(28)18-19(15-4-2-8-26-11-15)27(22(30)21(18)29)12-13-3-1-7-25-10-13/h1-11,19,28H,12H2/b20-18-. The Kier molecular flexibility index (Phi) is 5.53. The number of hydrogen-bond donors (Lipinski definition) is 1. The van der Waals surface area contributed by atoms with Gasteiger partial charge in [0.05, 0.1) is 21.7 Å². The van der Waals surface area contributed by atoms with E-state index in [2.05, 4.69) is 9.97 Å². The molecule has 30 heavy (non-hydrogen) atoms. The number of Topliss-reactive ketones (excluding diaryl/α,β-unsaturated/α-hetero) is 1. The predicted molar refractivity (Wildman–Crippen MR) is 113 cm³/mol. The highest BCUT2D eigenvalue weighted by atomic mass is 35.5. The fraction of sp³-hybridized carbons (Fsp3) is 0.0909. The SMILES string of the molecule is O=C1C(=O)N(Cc2cccnc2)C(c2cccnc2)/C1=C(/O)c1ccc(Cl)c(Cl)c1. The molecule has 0 aliphatic carbocycles. The van der Waals surface area contributed by atoms with Crippen LogP contribution in [0.4, 0.5) is 0 Å². The van der Waals surface area contributed by atoms with E-state index < -0.39 is 17.7 Å². The number of halogens is 2. The van der Waals surface area contributed by atoms with Crippen molar-refractivity contribution in [1.29, 1.82) is 0 Å². The Morgan fingerprint density at radius 1 is 1.00 bits per heavy atom. The highest BCUT2D eigenvalue weighted by molar-refractivity contribution is 6.46. The lowest BCUT2D eigenvalue weighted by Crippen LogP contribution is -2.29. The number of carbonyl (C=O) groups excluding carboxylic acids is 2. The molecule has 1 amide bonds. The van der Waals surface area contributed by atoms with Crippen molar-refractivity contribution in [2.45, 2.75) is 12.6 Å². The van der Waals surface area contributed by atoms with Gasteiger partial charge in [-0.3, -0.25) is 19.6 Å². The summed E-state index contributed by atoms with van der Waals surface area (Å²) in [5.41, 5.74) is 1.61. The normalized spacial score (nSPS) is 18.1. The molecule has 1 aliphatic heterocycles. The Bertz CT molecular complexity index is 1150. The van der Waals surface area contributed by atoms with Crippen molar-refractivity contribution in [3.05, 3.63) is 99.6 Å². The van der Waals surface area contributed by atoms with E-state index in [0.717, 1.165) is 5.56 Å². The van der Waals surface area contributed by atoms with Crippen LogP contribution in [0.5, 0.6) is 0 Å². The van der Waals surface area contributed by atoms with Gasteiger partial charge in [-0.25, -0.2) is 0 Å². The summed E-state index contributed by atoms with van der Waals surface area (Å²) in [5.74, 6) is -1.82. The average Bonchev–Trinajstić information content (AvgIpc) is 3.01. The molecular formula is C22H15Cl2N3O3. The molecule has 8 heteroatoms. The van der Waals surface area contributed by atoms with Crippen molar-refractivity contribution in [2.75, 3.05) is 0 Å². The zero-order valence-corrected chi connectivity index (χ0v) is 17.0. The van der Waals surface area contributed by atoms with E-state index >= 15 is 0 Å². The number of amides is 1. The van der Waals surface area contributed by atoms with Gasteiger partial charge in [-0.1, -0.05) is 35.3 Å². The lowest BCUT2D eigenvalue weighted by molar-refractivity contribution is -0.140. The summed E-state index contributed by atoms with van der Waals surface area (Å²) < 4.78 is 0. The van der Waals surface area contributed by atoms with Crippen molar-refractivity contribution >= 4 is 40.7 Å². The van der Waals surface area contributed by atoms with Gasteiger partial charge < -0.3 is 10.0 Å². The summed E-state index contributed by atoms with van der Waals surface area (Å²) in [6, 6.07) is 10.7. The number of nitrogens with zero attached hydrogens (tertiary/aromatic N) is 3. The lowest BCUT2D eigenvalue weighted by Gasteiger charge is -2.25. The molecule has 6 nitrogen and oxygen atoms in total. The highest BCUT2D eigenvalue weighted by Gasteiger charge is 2.46. The summed E-state index contributed by atoms with van der Waals surface area (Å²) in [7, 11) is 0. The van der Waals surface area contributed by atoms with Crippen LogP contribution in [0.25, 0.3) is 5.76 Å². The van der Waals surface area contributed by atoms with E-state index in [1.54, 1.807) is 49.1 Å². The van der Waals surface area contributed by atoms with Crippen LogP contribution in [0.15, 0.2) is 72.8 Å². The van der Waals surface area contributed by atoms with Gasteiger partial charge in [0, 0.05) is 36.9 Å². The topological polar surface area (TPSA) is 83.4 Å². The molecule has 0 bridgehead atoms. The molecular weight excluding hydrogens is 425 g/mol. The molecule has 1 saturated heterocycles. The minimum absolute atomic E-state index is 0.0321. The number of rotatable bonds is 4. The molecule has 0 saturated carbocycles. The summed E-state index contributed by atoms with van der Waals surface area (Å²) in [4.78, 5) is 35.4. The third-order valence-electron chi connectivity index (χ3n) is 4.81. The summed E-state index contributed by atoms with van der Waals surface area (Å²) in [6.45, 7) is 0.149. The molecule has 1 fully saturated rings. The van der Waals surface area contributed by atoms with Gasteiger partial charge in [-0.05, 0) is 41.5 Å². The lowest BCUT2D eigenvalue weighted by atomic mass is 9.96. The number of aromatic nitrogens is 2. The van der Waals surface area contributed by atoms with E-state index in [1.807, 2.05) is 6.07 Å². The molecule has 1 atom stereocenters. The third kappa shape index (κ3) is 3.67. The zero-order valence-electron chi connectivity index (χ0n) is 15.5. The number of hydrogen-bond acceptors (Lipinski definition) is 5. The number of aliphatic hydroxyl groups is 1. The van der Waals surface area contributed by atoms with Gasteiger partial charge in [0.1, 0.15) is 5.76 Å². The molecule has 1 aromatic carbocycles. The minimum atomic E-state index is -0.812. The molecule has 1 aliphatic rings. The van der Waals surface area contributed by atoms with Crippen LogP contribution in [-0.2, 0) is 16.1 Å². The van der Waals surface area contributed by atoms with Gasteiger partial charge in [-0.2, -0.15) is 0 Å². The van der Waals surface area contributed by atoms with Crippen LogP contribution >= 0.6 is 23.2 Å². The average molecular weight is 440 g/mol. The molecule has 1 unspecified atom stereocenters. The summed E-state index contributed by atoms with van der Waals surface area (Å²) in [5, 5.41) is 11.5. The van der Waals surface area contributed by atoms with Crippen molar-refractivity contribution in [1.82, 2.24) is 14.9 Å². The fourth-order valence-corrected chi connectivity index (χ4v) is 3.71. The van der Waals surface area contributed by atoms with E-state index in [-0.39, 0.29) is 28.5 Å². The van der Waals surface area contributed by atoms with Crippen LogP contribution < -0.4 is 0 Å². The maximum atomic E-state index is 13.0. The second-order valence-electron chi connectivity index (χ2n) is 6.70. The maximum Gasteiger partial charge on any atom is 0.295 e. The first kappa shape index (κ1) is 20.1. The maximum absolute atomic E-state index is 13.0. The van der Waals surface area contributed by atoms with E-state index in [1.165, 1.54) is 17.0 Å². The van der Waals surface area contributed by atoms with Crippen LogP contribution in [0.2, 0.25) is 10.0 Å². The number of aliphatic hydroxyl groups excluding tert-OH is 1. The zero-order chi connectivity index (χ0) is 21.3. The first-order valence-electron chi connectivity index (χ1n) is 9.00. The number of pyridine rings is 2. The first-order valence-corrected chi connectivity index (χ1v) is 9.75. The number of ketones is 1. The van der Waals surface area contributed by atoms with Crippen LogP contribution in [0.3, 0.4) is 0 Å². The molecule has 2 aromatic heterocycles. The Morgan fingerprint density at radius 3 is 2.37 bits per heavy atom. The Balaban J connectivity index is 1.86. The Morgan fingerprint density at radius 2 is 1.73 bits per heavy atom. The smallest absolute Gasteiger partial charge is 0.295 e. The number of carbonyl (C=O) groups is 2. The van der Waals surface area contributed by atoms with Crippen LogP contribution in [0, 0.1) is 0 Å². The second-order valence-corrected chi connectivity index (χ2v) is 7.52. The van der Waals surface area contributed by atoms with Gasteiger partial charge >= 0.3 is 0 Å². The summed E-state index contributed by atoms with van der Waals surface area (Å²) in [6.07, 6.45) is 6.41. The molecule has 0 radical (unpaired) electrons. The third-order valence-corrected chi connectivity index (χ3v) is 5.55. The molecule has 3 aromatic rings. The molecule has 4 rings (SSSR count). The van der Waals surface area contributed by atoms with Crippen molar-refractivity contribution in [2.24, 2.45) is 0 Å². The predicted octanol–water partition coefficient (Wildman–Crippen LogP) is 4.41. The number of likely N-dealkylation sites (tertiary alicyclic amines) is 1. The Labute approximate surface area is 182 Å².